The molecular weight excluding hydrogens is 244 g/mol. The van der Waals surface area contributed by atoms with E-state index < -0.39 is 0 Å². The summed E-state index contributed by atoms with van der Waals surface area (Å²) in [5.74, 6) is 0.792. The van der Waals surface area contributed by atoms with Crippen molar-refractivity contribution >= 4 is 5.95 Å². The topological polar surface area (TPSA) is 59.5 Å². The molecule has 0 amide bonds. The molecule has 0 radical (unpaired) electrons. The molecule has 0 bridgehead atoms. The van der Waals surface area contributed by atoms with Crippen molar-refractivity contribution in [2.45, 2.75) is 19.1 Å². The molecule has 106 valence electrons. The predicted molar refractivity (Wildman–Crippen MR) is 73.2 cm³/mol. The number of anilines is 1. The molecule has 1 atom stereocenters. The molecule has 0 spiro atoms. The normalized spacial score (nSPS) is 19.1. The van der Waals surface area contributed by atoms with E-state index in [1.54, 1.807) is 14.2 Å². The quantitative estimate of drug-likeness (QED) is 0.723. The maximum Gasteiger partial charge on any atom is 0.225 e. The summed E-state index contributed by atoms with van der Waals surface area (Å²) in [5, 5.41) is 3.27. The lowest BCUT2D eigenvalue weighted by Crippen LogP contribution is -2.24. The van der Waals surface area contributed by atoms with Crippen LogP contribution in [-0.2, 0) is 16.0 Å². The van der Waals surface area contributed by atoms with E-state index >= 15 is 0 Å². The van der Waals surface area contributed by atoms with Crippen molar-refractivity contribution < 1.29 is 9.47 Å². The molecule has 6 heteroatoms. The van der Waals surface area contributed by atoms with Gasteiger partial charge in [0.15, 0.2) is 0 Å². The van der Waals surface area contributed by atoms with Crippen LogP contribution in [0, 0.1) is 0 Å². The van der Waals surface area contributed by atoms with Crippen LogP contribution >= 0.6 is 0 Å². The molecule has 1 aliphatic rings. The Kier molecular flexibility index (Phi) is 5.50. The number of aromatic nitrogens is 2. The minimum atomic E-state index is 0.305. The zero-order valence-electron chi connectivity index (χ0n) is 11.6. The number of hydrogen-bond donors (Lipinski definition) is 1. The van der Waals surface area contributed by atoms with Crippen molar-refractivity contribution in [2.24, 2.45) is 0 Å². The highest BCUT2D eigenvalue weighted by molar-refractivity contribution is 5.31. The molecule has 1 unspecified atom stereocenters. The fraction of sp³-hybridized carbons (Fsp3) is 0.692. The molecule has 6 nitrogen and oxygen atoms in total. The minimum Gasteiger partial charge on any atom is -0.383 e. The van der Waals surface area contributed by atoms with Gasteiger partial charge in [0.2, 0.25) is 5.95 Å². The number of nitrogens with one attached hydrogen (secondary N) is 1. The second-order valence-electron chi connectivity index (χ2n) is 4.65. The van der Waals surface area contributed by atoms with Gasteiger partial charge >= 0.3 is 0 Å². The van der Waals surface area contributed by atoms with Crippen molar-refractivity contribution in [2.75, 3.05) is 45.4 Å². The van der Waals surface area contributed by atoms with E-state index in [1.165, 1.54) is 0 Å². The van der Waals surface area contributed by atoms with Crippen LogP contribution in [0.5, 0.6) is 0 Å². The van der Waals surface area contributed by atoms with Crippen LogP contribution in [0.1, 0.15) is 12.0 Å². The molecule has 1 fully saturated rings. The molecule has 1 aromatic rings. The third-order valence-electron chi connectivity index (χ3n) is 3.26. The van der Waals surface area contributed by atoms with E-state index in [-0.39, 0.29) is 0 Å². The first-order chi connectivity index (χ1) is 9.33. The van der Waals surface area contributed by atoms with Crippen molar-refractivity contribution in [3.05, 3.63) is 18.0 Å². The number of nitrogens with zero attached hydrogens (tertiary/aromatic N) is 3. The zero-order chi connectivity index (χ0) is 13.5. The lowest BCUT2D eigenvalue weighted by atomic mass is 10.3. The van der Waals surface area contributed by atoms with E-state index in [4.69, 9.17) is 9.47 Å². The Bertz CT molecular complexity index is 371. The van der Waals surface area contributed by atoms with E-state index in [2.05, 4.69) is 20.2 Å². The lowest BCUT2D eigenvalue weighted by Gasteiger charge is -2.15. The molecule has 0 aliphatic carbocycles. The summed E-state index contributed by atoms with van der Waals surface area (Å²) in [4.78, 5) is 11.0. The molecular formula is C13H22N4O2. The summed E-state index contributed by atoms with van der Waals surface area (Å²) < 4.78 is 10.3. The monoisotopic (exact) mass is 266 g/mol. The SMILES string of the molecule is COCCNCc1cnc(N2CCC(OC)C2)nc1. The second-order valence-corrected chi connectivity index (χ2v) is 4.65. The van der Waals surface area contributed by atoms with Gasteiger partial charge in [-0.25, -0.2) is 9.97 Å². The Hall–Kier alpha value is -1.24. The molecule has 0 aromatic carbocycles. The molecule has 19 heavy (non-hydrogen) atoms. The van der Waals surface area contributed by atoms with Crippen LogP contribution in [0.15, 0.2) is 12.4 Å². The highest BCUT2D eigenvalue weighted by atomic mass is 16.5. The maximum atomic E-state index is 5.34. The molecule has 1 aromatic heterocycles. The number of rotatable bonds is 7. The molecule has 0 saturated carbocycles. The Morgan fingerprint density at radius 1 is 1.37 bits per heavy atom. The van der Waals surface area contributed by atoms with Crippen LogP contribution in [0.4, 0.5) is 5.95 Å². The highest BCUT2D eigenvalue weighted by Crippen LogP contribution is 2.17. The van der Waals surface area contributed by atoms with Crippen LogP contribution in [0.25, 0.3) is 0 Å². The van der Waals surface area contributed by atoms with E-state index in [0.717, 1.165) is 44.1 Å². The molecule has 2 heterocycles. The second kappa shape index (κ2) is 7.37. The Morgan fingerprint density at radius 2 is 2.16 bits per heavy atom. The molecule has 1 N–H and O–H groups in total. The van der Waals surface area contributed by atoms with Crippen molar-refractivity contribution in [3.8, 4) is 0 Å². The first-order valence-corrected chi connectivity index (χ1v) is 6.62. The van der Waals surface area contributed by atoms with Gasteiger partial charge in [-0.1, -0.05) is 0 Å². The Morgan fingerprint density at radius 3 is 2.79 bits per heavy atom. The van der Waals surface area contributed by atoms with E-state index in [0.29, 0.717) is 12.7 Å². The number of ether oxygens (including phenoxy) is 2. The van der Waals surface area contributed by atoms with Gasteiger partial charge in [0.1, 0.15) is 0 Å². The van der Waals surface area contributed by atoms with Crippen LogP contribution in [0.3, 0.4) is 0 Å². The summed E-state index contributed by atoms with van der Waals surface area (Å²) >= 11 is 0. The largest absolute Gasteiger partial charge is 0.383 e. The van der Waals surface area contributed by atoms with Crippen LogP contribution in [-0.4, -0.2) is 56.5 Å². The van der Waals surface area contributed by atoms with E-state index in [1.807, 2.05) is 12.4 Å². The Labute approximate surface area is 114 Å². The fourth-order valence-electron chi connectivity index (χ4n) is 2.11. The summed E-state index contributed by atoms with van der Waals surface area (Å²) in [6.07, 6.45) is 5.10. The van der Waals surface area contributed by atoms with Gasteiger partial charge in [0, 0.05) is 58.4 Å². The summed E-state index contributed by atoms with van der Waals surface area (Å²) in [7, 11) is 3.45. The number of methoxy groups -OCH3 is 2. The van der Waals surface area contributed by atoms with E-state index in [9.17, 15) is 0 Å². The zero-order valence-corrected chi connectivity index (χ0v) is 11.6. The van der Waals surface area contributed by atoms with Gasteiger partial charge in [-0.3, -0.25) is 0 Å². The predicted octanol–water partition coefficient (Wildman–Crippen LogP) is 0.438. The summed E-state index contributed by atoms with van der Waals surface area (Å²) in [6, 6.07) is 0. The Balaban J connectivity index is 1.81. The first-order valence-electron chi connectivity index (χ1n) is 6.62. The highest BCUT2D eigenvalue weighted by Gasteiger charge is 2.23. The molecule has 2 rings (SSSR count). The standard InChI is InChI=1S/C13H22N4O2/c1-18-6-4-14-7-11-8-15-13(16-9-11)17-5-3-12(10-17)19-2/h8-9,12,14H,3-7,10H2,1-2H3. The fourth-order valence-corrected chi connectivity index (χ4v) is 2.11. The third-order valence-corrected chi connectivity index (χ3v) is 3.26. The summed E-state index contributed by atoms with van der Waals surface area (Å²) in [6.45, 7) is 4.15. The molecule has 1 aliphatic heterocycles. The molecule has 1 saturated heterocycles. The van der Waals surface area contributed by atoms with Gasteiger partial charge in [0.05, 0.1) is 12.7 Å². The van der Waals surface area contributed by atoms with Gasteiger partial charge in [-0.15, -0.1) is 0 Å². The summed E-state index contributed by atoms with van der Waals surface area (Å²) in [5.41, 5.74) is 1.09. The van der Waals surface area contributed by atoms with Crippen molar-refractivity contribution in [1.82, 2.24) is 15.3 Å². The first kappa shape index (κ1) is 14.2. The average Bonchev–Trinajstić information content (AvgIpc) is 2.93. The van der Waals surface area contributed by atoms with Gasteiger partial charge in [-0.2, -0.15) is 0 Å². The van der Waals surface area contributed by atoms with Crippen molar-refractivity contribution in [3.63, 3.8) is 0 Å². The van der Waals surface area contributed by atoms with Crippen LogP contribution < -0.4 is 10.2 Å². The maximum absolute atomic E-state index is 5.34. The van der Waals surface area contributed by atoms with Gasteiger partial charge in [0.25, 0.3) is 0 Å². The average molecular weight is 266 g/mol. The van der Waals surface area contributed by atoms with Crippen molar-refractivity contribution in [1.29, 1.82) is 0 Å². The van der Waals surface area contributed by atoms with Gasteiger partial charge < -0.3 is 19.7 Å². The minimum absolute atomic E-state index is 0.305. The van der Waals surface area contributed by atoms with Gasteiger partial charge in [-0.05, 0) is 6.42 Å². The third kappa shape index (κ3) is 4.12. The number of hydrogen-bond acceptors (Lipinski definition) is 6. The van der Waals surface area contributed by atoms with Crippen LogP contribution in [0.2, 0.25) is 0 Å². The smallest absolute Gasteiger partial charge is 0.225 e. The lowest BCUT2D eigenvalue weighted by molar-refractivity contribution is 0.121.